The van der Waals surface area contributed by atoms with Gasteiger partial charge in [0.25, 0.3) is 0 Å². The first-order valence-corrected chi connectivity index (χ1v) is 7.84. The smallest absolute Gasteiger partial charge is 0.137 e. The summed E-state index contributed by atoms with van der Waals surface area (Å²) in [6.45, 7) is 3.24. The molecule has 0 spiro atoms. The molecule has 0 aliphatic carbocycles. The van der Waals surface area contributed by atoms with Crippen molar-refractivity contribution < 1.29 is 4.39 Å². The minimum atomic E-state index is -0.218. The van der Waals surface area contributed by atoms with Crippen LogP contribution in [0.3, 0.4) is 0 Å². The Labute approximate surface area is 129 Å². The van der Waals surface area contributed by atoms with Gasteiger partial charge in [0.1, 0.15) is 5.82 Å². The summed E-state index contributed by atoms with van der Waals surface area (Å²) in [7, 11) is 4.30. The Balaban J connectivity index is 1.94. The van der Waals surface area contributed by atoms with E-state index in [1.165, 1.54) is 6.07 Å². The predicted octanol–water partition coefficient (Wildman–Crippen LogP) is 2.09. The number of benzene rings is 1. The number of hydrogen-bond acceptors (Lipinski definition) is 3. The molecule has 2 unspecified atom stereocenters. The summed E-state index contributed by atoms with van der Waals surface area (Å²) in [5, 5.41) is 0. The molecule has 2 rings (SSSR count). The van der Waals surface area contributed by atoms with Gasteiger partial charge in [0, 0.05) is 31.7 Å². The van der Waals surface area contributed by atoms with E-state index in [4.69, 9.17) is 5.73 Å². The normalized spacial score (nSPS) is 22.9. The van der Waals surface area contributed by atoms with Crippen molar-refractivity contribution in [3.8, 4) is 0 Å². The van der Waals surface area contributed by atoms with Crippen molar-refractivity contribution in [2.75, 3.05) is 33.7 Å². The second kappa shape index (κ2) is 6.98. The largest absolute Gasteiger partial charge is 0.327 e. The number of piperazine rings is 1. The van der Waals surface area contributed by atoms with Crippen molar-refractivity contribution in [3.63, 3.8) is 0 Å². The highest BCUT2D eigenvalue weighted by molar-refractivity contribution is 9.10. The molecule has 1 fully saturated rings. The Morgan fingerprint density at radius 1 is 1.40 bits per heavy atom. The van der Waals surface area contributed by atoms with Gasteiger partial charge in [-0.25, -0.2) is 4.39 Å². The van der Waals surface area contributed by atoms with Gasteiger partial charge < -0.3 is 15.5 Å². The van der Waals surface area contributed by atoms with Crippen LogP contribution in [0.4, 0.5) is 4.39 Å². The SMILES string of the molecule is CN1CCN(C)C(CC(N)Cc2cccc(F)c2Br)C1. The van der Waals surface area contributed by atoms with Crippen LogP contribution in [0.2, 0.25) is 0 Å². The molecule has 1 saturated heterocycles. The summed E-state index contributed by atoms with van der Waals surface area (Å²) < 4.78 is 14.0. The standard InChI is InChI=1S/C15H23BrFN3/c1-19-6-7-20(2)13(10-19)9-12(18)8-11-4-3-5-14(17)15(11)16/h3-5,12-13H,6-10,18H2,1-2H3. The fourth-order valence-corrected chi connectivity index (χ4v) is 3.20. The fraction of sp³-hybridized carbons (Fsp3) is 0.600. The maximum absolute atomic E-state index is 13.5. The fourth-order valence-electron chi connectivity index (χ4n) is 2.78. The first kappa shape index (κ1) is 15.9. The molecule has 20 heavy (non-hydrogen) atoms. The lowest BCUT2D eigenvalue weighted by molar-refractivity contribution is 0.104. The monoisotopic (exact) mass is 343 g/mol. The number of nitrogens with zero attached hydrogens (tertiary/aromatic N) is 2. The summed E-state index contributed by atoms with van der Waals surface area (Å²) in [4.78, 5) is 4.72. The number of halogens is 2. The minimum Gasteiger partial charge on any atom is -0.327 e. The van der Waals surface area contributed by atoms with Gasteiger partial charge in [-0.3, -0.25) is 0 Å². The van der Waals surface area contributed by atoms with Crippen LogP contribution in [0.1, 0.15) is 12.0 Å². The molecule has 2 N–H and O–H groups in total. The van der Waals surface area contributed by atoms with E-state index in [2.05, 4.69) is 39.8 Å². The van der Waals surface area contributed by atoms with Crippen LogP contribution >= 0.6 is 15.9 Å². The molecule has 1 heterocycles. The lowest BCUT2D eigenvalue weighted by Crippen LogP contribution is -2.51. The molecule has 2 atom stereocenters. The minimum absolute atomic E-state index is 0.0482. The zero-order valence-electron chi connectivity index (χ0n) is 12.1. The second-order valence-corrected chi connectivity index (χ2v) is 6.60. The highest BCUT2D eigenvalue weighted by Crippen LogP contribution is 2.22. The molecule has 0 radical (unpaired) electrons. The van der Waals surface area contributed by atoms with Crippen LogP contribution in [0.15, 0.2) is 22.7 Å². The third kappa shape index (κ3) is 4.01. The maximum atomic E-state index is 13.5. The van der Waals surface area contributed by atoms with Crippen LogP contribution in [0, 0.1) is 5.82 Å². The molecule has 0 amide bonds. The summed E-state index contributed by atoms with van der Waals surface area (Å²) in [6, 6.07) is 5.66. The van der Waals surface area contributed by atoms with Gasteiger partial charge in [0.15, 0.2) is 0 Å². The van der Waals surface area contributed by atoms with E-state index in [9.17, 15) is 4.39 Å². The summed E-state index contributed by atoms with van der Waals surface area (Å²) in [6.07, 6.45) is 1.64. The number of nitrogens with two attached hydrogens (primary N) is 1. The van der Waals surface area contributed by atoms with Gasteiger partial charge in [-0.15, -0.1) is 0 Å². The van der Waals surface area contributed by atoms with Gasteiger partial charge in [0.2, 0.25) is 0 Å². The number of hydrogen-bond donors (Lipinski definition) is 1. The molecule has 0 saturated carbocycles. The second-order valence-electron chi connectivity index (χ2n) is 5.81. The van der Waals surface area contributed by atoms with Crippen LogP contribution < -0.4 is 5.73 Å². The summed E-state index contributed by atoms with van der Waals surface area (Å²) >= 11 is 3.31. The Morgan fingerprint density at radius 2 is 2.15 bits per heavy atom. The zero-order chi connectivity index (χ0) is 14.7. The Bertz CT molecular complexity index is 455. The van der Waals surface area contributed by atoms with Gasteiger partial charge in [0.05, 0.1) is 4.47 Å². The van der Waals surface area contributed by atoms with Crippen molar-refractivity contribution in [1.29, 1.82) is 0 Å². The third-order valence-corrected chi connectivity index (χ3v) is 4.96. The highest BCUT2D eigenvalue weighted by atomic mass is 79.9. The molecule has 1 aliphatic heterocycles. The molecular formula is C15H23BrFN3. The van der Waals surface area contributed by atoms with Gasteiger partial charge in [-0.05, 0) is 54.5 Å². The third-order valence-electron chi connectivity index (χ3n) is 4.07. The molecule has 3 nitrogen and oxygen atoms in total. The highest BCUT2D eigenvalue weighted by Gasteiger charge is 2.24. The molecule has 0 aromatic heterocycles. The molecule has 1 aliphatic rings. The van der Waals surface area contributed by atoms with E-state index in [0.717, 1.165) is 31.6 Å². The molecule has 112 valence electrons. The van der Waals surface area contributed by atoms with Crippen LogP contribution in [-0.2, 0) is 6.42 Å². The first-order valence-electron chi connectivity index (χ1n) is 7.04. The van der Waals surface area contributed by atoms with E-state index in [1.807, 2.05) is 6.07 Å². The van der Waals surface area contributed by atoms with Crippen molar-refractivity contribution in [2.45, 2.75) is 24.9 Å². The van der Waals surface area contributed by atoms with Gasteiger partial charge in [-0.2, -0.15) is 0 Å². The predicted molar refractivity (Wildman–Crippen MR) is 84.3 cm³/mol. The zero-order valence-corrected chi connectivity index (χ0v) is 13.7. The first-order chi connectivity index (χ1) is 9.47. The van der Waals surface area contributed by atoms with Crippen LogP contribution in [0.5, 0.6) is 0 Å². The lowest BCUT2D eigenvalue weighted by atomic mass is 9.98. The lowest BCUT2D eigenvalue weighted by Gasteiger charge is -2.38. The van der Waals surface area contributed by atoms with Crippen molar-refractivity contribution >= 4 is 15.9 Å². The maximum Gasteiger partial charge on any atom is 0.137 e. The molecule has 1 aromatic rings. The van der Waals surface area contributed by atoms with Crippen LogP contribution in [-0.4, -0.2) is 55.6 Å². The number of likely N-dealkylation sites (N-methyl/N-ethyl adjacent to an activating group) is 2. The Kier molecular flexibility index (Phi) is 5.55. The summed E-state index contributed by atoms with van der Waals surface area (Å²) in [5.41, 5.74) is 7.22. The average Bonchev–Trinajstić information content (AvgIpc) is 2.39. The van der Waals surface area contributed by atoms with E-state index < -0.39 is 0 Å². The van der Waals surface area contributed by atoms with Crippen LogP contribution in [0.25, 0.3) is 0 Å². The van der Waals surface area contributed by atoms with E-state index in [-0.39, 0.29) is 11.9 Å². The topological polar surface area (TPSA) is 32.5 Å². The van der Waals surface area contributed by atoms with E-state index in [1.54, 1.807) is 6.07 Å². The molecular weight excluding hydrogens is 321 g/mol. The molecule has 5 heteroatoms. The van der Waals surface area contributed by atoms with Crippen molar-refractivity contribution in [1.82, 2.24) is 9.80 Å². The number of rotatable bonds is 4. The summed E-state index contributed by atoms with van der Waals surface area (Å²) in [5.74, 6) is -0.218. The van der Waals surface area contributed by atoms with Gasteiger partial charge >= 0.3 is 0 Å². The molecule has 1 aromatic carbocycles. The van der Waals surface area contributed by atoms with E-state index >= 15 is 0 Å². The Hall–Kier alpha value is -0.490. The Morgan fingerprint density at radius 3 is 2.90 bits per heavy atom. The quantitative estimate of drug-likeness (QED) is 0.908. The van der Waals surface area contributed by atoms with Crippen molar-refractivity contribution in [2.24, 2.45) is 5.73 Å². The van der Waals surface area contributed by atoms with E-state index in [0.29, 0.717) is 16.9 Å². The molecule has 0 bridgehead atoms. The average molecular weight is 344 g/mol. The van der Waals surface area contributed by atoms with Crippen molar-refractivity contribution in [3.05, 3.63) is 34.1 Å². The van der Waals surface area contributed by atoms with Gasteiger partial charge in [-0.1, -0.05) is 12.1 Å².